The molecule has 6 nitrogen and oxygen atoms in total. The zero-order valence-electron chi connectivity index (χ0n) is 18.7. The summed E-state index contributed by atoms with van der Waals surface area (Å²) >= 11 is 0. The number of hydrogen-bond donors (Lipinski definition) is 2. The van der Waals surface area contributed by atoms with Crippen molar-refractivity contribution in [3.63, 3.8) is 0 Å². The Morgan fingerprint density at radius 1 is 1.09 bits per heavy atom. The molecule has 1 aliphatic heterocycles. The van der Waals surface area contributed by atoms with E-state index in [2.05, 4.69) is 64.2 Å². The molecule has 1 unspecified atom stereocenters. The van der Waals surface area contributed by atoms with E-state index in [-0.39, 0.29) is 6.61 Å². The summed E-state index contributed by atoms with van der Waals surface area (Å²) in [5.74, 6) is 7.33. The van der Waals surface area contributed by atoms with Gasteiger partial charge in [-0.2, -0.15) is 5.26 Å². The zero-order chi connectivity index (χ0) is 23.2. The lowest BCUT2D eigenvalue weighted by molar-refractivity contribution is 0.118. The summed E-state index contributed by atoms with van der Waals surface area (Å²) in [6.45, 7) is 4.03. The van der Waals surface area contributed by atoms with E-state index in [0.29, 0.717) is 18.3 Å². The third-order valence-electron chi connectivity index (χ3n) is 5.99. The Kier molecular flexibility index (Phi) is 7.22. The van der Waals surface area contributed by atoms with Crippen LogP contribution in [0.3, 0.4) is 0 Å². The van der Waals surface area contributed by atoms with Crippen molar-refractivity contribution in [2.24, 2.45) is 5.92 Å². The molecule has 4 rings (SSSR count). The Balaban J connectivity index is 1.39. The smallest absolute Gasteiger partial charge is 0.138 e. The molecule has 1 saturated heterocycles. The highest BCUT2D eigenvalue weighted by molar-refractivity contribution is 5.64. The highest BCUT2D eigenvalue weighted by atomic mass is 16.3. The zero-order valence-corrected chi connectivity index (χ0v) is 18.7. The lowest BCUT2D eigenvalue weighted by Gasteiger charge is -2.37. The molecular formula is C27H28N4O2. The second kappa shape index (κ2) is 10.5. The van der Waals surface area contributed by atoms with Crippen LogP contribution in [0.25, 0.3) is 11.1 Å². The number of hydrogen-bond acceptors (Lipinski definition) is 5. The molecule has 2 atom stereocenters. The van der Waals surface area contributed by atoms with Crippen LogP contribution in [0.5, 0.6) is 0 Å². The fourth-order valence-electron chi connectivity index (χ4n) is 4.23. The fourth-order valence-corrected chi connectivity index (χ4v) is 4.23. The van der Waals surface area contributed by atoms with Crippen LogP contribution >= 0.6 is 0 Å². The first-order valence-electron chi connectivity index (χ1n) is 11.2. The van der Waals surface area contributed by atoms with Gasteiger partial charge in [0.25, 0.3) is 0 Å². The monoisotopic (exact) mass is 440 g/mol. The first-order chi connectivity index (χ1) is 16.1. The number of rotatable bonds is 7. The molecule has 2 N–H and O–H groups in total. The molecule has 33 heavy (non-hydrogen) atoms. The van der Waals surface area contributed by atoms with Crippen molar-refractivity contribution in [1.82, 2.24) is 14.5 Å². The first-order valence-corrected chi connectivity index (χ1v) is 11.2. The van der Waals surface area contributed by atoms with Crippen LogP contribution in [-0.2, 0) is 6.42 Å². The predicted octanol–water partition coefficient (Wildman–Crippen LogP) is 3.19. The van der Waals surface area contributed by atoms with Gasteiger partial charge in [-0.3, -0.25) is 4.90 Å². The Morgan fingerprint density at radius 2 is 1.76 bits per heavy atom. The molecule has 168 valence electrons. The normalized spacial score (nSPS) is 15.7. The van der Waals surface area contributed by atoms with Gasteiger partial charge in [0.2, 0.25) is 0 Å². The Hall–Kier alpha value is -3.42. The SMILES string of the molecule is C[C@H](O)c1nccn1C(C#Cc1ccc(-c2ccc(CC3CN(CC#N)C3)cc2)cc1)CO. The van der Waals surface area contributed by atoms with Crippen LogP contribution in [0, 0.1) is 29.1 Å². The molecule has 0 spiro atoms. The van der Waals surface area contributed by atoms with E-state index < -0.39 is 12.1 Å². The summed E-state index contributed by atoms with van der Waals surface area (Å²) in [5, 5.41) is 28.3. The maximum Gasteiger partial charge on any atom is 0.138 e. The molecule has 1 aliphatic rings. The van der Waals surface area contributed by atoms with E-state index in [4.69, 9.17) is 5.26 Å². The minimum atomic E-state index is -0.728. The Bertz CT molecular complexity index is 1160. The summed E-state index contributed by atoms with van der Waals surface area (Å²) in [5.41, 5.74) is 4.47. The molecule has 6 heteroatoms. The van der Waals surface area contributed by atoms with E-state index in [1.807, 2.05) is 12.1 Å². The van der Waals surface area contributed by atoms with Gasteiger partial charge in [-0.1, -0.05) is 48.2 Å². The average molecular weight is 441 g/mol. The van der Waals surface area contributed by atoms with Gasteiger partial charge in [-0.15, -0.1) is 0 Å². The molecule has 0 aliphatic carbocycles. The quantitative estimate of drug-likeness (QED) is 0.435. The van der Waals surface area contributed by atoms with Crippen molar-refractivity contribution >= 4 is 0 Å². The standard InChI is InChI=1S/C27H28N4O2/c1-20(33)27-29-13-15-31(27)26(19-32)11-6-21-2-7-24(8-3-21)25-9-4-22(5-10-25)16-23-17-30(18-23)14-12-28/h2-5,7-10,13,15,20,23,26,32-33H,14,16-19H2,1H3/t20-,26?/m0/s1. The van der Waals surface area contributed by atoms with E-state index in [9.17, 15) is 10.2 Å². The van der Waals surface area contributed by atoms with Crippen molar-refractivity contribution < 1.29 is 10.2 Å². The predicted molar refractivity (Wildman–Crippen MR) is 127 cm³/mol. The topological polar surface area (TPSA) is 85.3 Å². The number of nitriles is 1. The van der Waals surface area contributed by atoms with Gasteiger partial charge in [-0.05, 0) is 48.1 Å². The van der Waals surface area contributed by atoms with Crippen molar-refractivity contribution in [2.75, 3.05) is 26.2 Å². The lowest BCUT2D eigenvalue weighted by atomic mass is 9.91. The molecule has 0 bridgehead atoms. The number of imidazole rings is 1. The Morgan fingerprint density at radius 3 is 2.36 bits per heavy atom. The van der Waals surface area contributed by atoms with E-state index in [1.54, 1.807) is 23.9 Å². The van der Waals surface area contributed by atoms with Crippen LogP contribution < -0.4 is 0 Å². The van der Waals surface area contributed by atoms with Crippen molar-refractivity contribution in [3.8, 4) is 29.0 Å². The minimum Gasteiger partial charge on any atom is -0.393 e. The van der Waals surface area contributed by atoms with E-state index in [0.717, 1.165) is 36.2 Å². The van der Waals surface area contributed by atoms with E-state index >= 15 is 0 Å². The summed E-state index contributed by atoms with van der Waals surface area (Å²) in [6.07, 6.45) is 3.64. The number of nitrogens with zero attached hydrogens (tertiary/aromatic N) is 4. The lowest BCUT2D eigenvalue weighted by Crippen LogP contribution is -2.47. The van der Waals surface area contributed by atoms with Gasteiger partial charge in [-0.25, -0.2) is 4.98 Å². The van der Waals surface area contributed by atoms with Crippen LogP contribution in [0.15, 0.2) is 60.9 Å². The van der Waals surface area contributed by atoms with Crippen LogP contribution in [0.2, 0.25) is 0 Å². The minimum absolute atomic E-state index is 0.162. The van der Waals surface area contributed by atoms with Crippen LogP contribution in [0.4, 0.5) is 0 Å². The first kappa shape index (κ1) is 22.8. The summed E-state index contributed by atoms with van der Waals surface area (Å²) < 4.78 is 1.71. The van der Waals surface area contributed by atoms with Gasteiger partial charge in [0.15, 0.2) is 0 Å². The summed E-state index contributed by atoms with van der Waals surface area (Å²) in [7, 11) is 0. The van der Waals surface area contributed by atoms with Gasteiger partial charge < -0.3 is 14.8 Å². The van der Waals surface area contributed by atoms with Crippen molar-refractivity contribution in [3.05, 3.63) is 77.9 Å². The van der Waals surface area contributed by atoms with Gasteiger partial charge in [0.1, 0.15) is 18.0 Å². The number of likely N-dealkylation sites (tertiary alicyclic amines) is 1. The molecule has 2 heterocycles. The highest BCUT2D eigenvalue weighted by Gasteiger charge is 2.26. The maximum atomic E-state index is 9.84. The van der Waals surface area contributed by atoms with E-state index in [1.165, 1.54) is 5.56 Å². The largest absolute Gasteiger partial charge is 0.393 e. The van der Waals surface area contributed by atoms with Gasteiger partial charge in [0, 0.05) is 31.0 Å². The van der Waals surface area contributed by atoms with Crippen LogP contribution in [-0.4, -0.2) is 50.9 Å². The van der Waals surface area contributed by atoms with Gasteiger partial charge in [0.05, 0.1) is 19.2 Å². The third kappa shape index (κ3) is 5.50. The van der Waals surface area contributed by atoms with Crippen LogP contribution in [0.1, 0.15) is 36.0 Å². The molecule has 2 aromatic carbocycles. The number of aromatic nitrogens is 2. The fraction of sp³-hybridized carbons (Fsp3) is 0.333. The molecule has 1 aromatic heterocycles. The second-order valence-corrected chi connectivity index (χ2v) is 8.53. The van der Waals surface area contributed by atoms with Gasteiger partial charge >= 0.3 is 0 Å². The molecular weight excluding hydrogens is 412 g/mol. The number of benzene rings is 2. The molecule has 0 saturated carbocycles. The third-order valence-corrected chi connectivity index (χ3v) is 5.99. The second-order valence-electron chi connectivity index (χ2n) is 8.53. The molecule has 3 aromatic rings. The molecule has 0 radical (unpaired) electrons. The Labute approximate surface area is 194 Å². The molecule has 0 amide bonds. The van der Waals surface area contributed by atoms with Crippen molar-refractivity contribution in [2.45, 2.75) is 25.5 Å². The average Bonchev–Trinajstić information content (AvgIpc) is 3.29. The van der Waals surface area contributed by atoms with Crippen molar-refractivity contribution in [1.29, 1.82) is 5.26 Å². The summed E-state index contributed by atoms with van der Waals surface area (Å²) in [6, 6.07) is 18.5. The highest BCUT2D eigenvalue weighted by Crippen LogP contribution is 2.24. The summed E-state index contributed by atoms with van der Waals surface area (Å²) in [4.78, 5) is 6.32. The number of aliphatic hydroxyl groups is 2. The molecule has 1 fully saturated rings. The maximum absolute atomic E-state index is 9.84. The number of aliphatic hydroxyl groups excluding tert-OH is 2.